The minimum atomic E-state index is 0.0953. The number of ether oxygens (including phenoxy) is 1. The maximum atomic E-state index is 12.1. The lowest BCUT2D eigenvalue weighted by atomic mass is 9.90. The summed E-state index contributed by atoms with van der Waals surface area (Å²) in [7, 11) is 1.61. The van der Waals surface area contributed by atoms with Gasteiger partial charge < -0.3 is 14.1 Å². The highest BCUT2D eigenvalue weighted by molar-refractivity contribution is 5.76. The van der Waals surface area contributed by atoms with Gasteiger partial charge in [-0.25, -0.2) is 0 Å². The summed E-state index contributed by atoms with van der Waals surface area (Å²) in [6, 6.07) is 0.0953. The molecule has 1 amide bonds. The van der Waals surface area contributed by atoms with Crippen LogP contribution < -0.4 is 0 Å². The lowest BCUT2D eigenvalue weighted by Crippen LogP contribution is -2.46. The van der Waals surface area contributed by atoms with Crippen LogP contribution in [0.3, 0.4) is 0 Å². The molecule has 1 saturated heterocycles. The van der Waals surface area contributed by atoms with Crippen LogP contribution in [0, 0.1) is 6.92 Å². The van der Waals surface area contributed by atoms with E-state index in [0.29, 0.717) is 24.8 Å². The fourth-order valence-electron chi connectivity index (χ4n) is 2.62. The molecule has 2 heterocycles. The van der Waals surface area contributed by atoms with Crippen molar-refractivity contribution in [2.45, 2.75) is 45.1 Å². The summed E-state index contributed by atoms with van der Waals surface area (Å²) >= 11 is 0. The van der Waals surface area contributed by atoms with Gasteiger partial charge in [-0.2, -0.15) is 0 Å². The molecule has 6 heteroatoms. The Balaban J connectivity index is 2.05. The van der Waals surface area contributed by atoms with Gasteiger partial charge in [0, 0.05) is 26.6 Å². The van der Waals surface area contributed by atoms with Crippen LogP contribution in [-0.2, 0) is 9.53 Å². The molecule has 1 aliphatic heterocycles. The molecular weight excluding hydrogens is 246 g/mol. The Labute approximate surface area is 113 Å². The van der Waals surface area contributed by atoms with Gasteiger partial charge in [0.15, 0.2) is 0 Å². The number of amides is 1. The van der Waals surface area contributed by atoms with Gasteiger partial charge in [0.1, 0.15) is 0 Å². The predicted octanol–water partition coefficient (Wildman–Crippen LogP) is 1.51. The largest absolute Gasteiger partial charge is 0.425 e. The third kappa shape index (κ3) is 3.12. The van der Waals surface area contributed by atoms with E-state index in [4.69, 9.17) is 9.15 Å². The summed E-state index contributed by atoms with van der Waals surface area (Å²) in [5.74, 6) is 1.50. The number of aromatic nitrogens is 2. The number of piperidine rings is 1. The summed E-state index contributed by atoms with van der Waals surface area (Å²) in [6.07, 6.45) is 2.38. The molecule has 1 aromatic rings. The number of nitrogens with zero attached hydrogens (tertiary/aromatic N) is 3. The molecule has 0 radical (unpaired) electrons. The fraction of sp³-hybridized carbons (Fsp3) is 0.769. The minimum absolute atomic E-state index is 0.0953. The van der Waals surface area contributed by atoms with Gasteiger partial charge in [0.2, 0.25) is 17.7 Å². The quantitative estimate of drug-likeness (QED) is 0.827. The number of carbonyl (C=O) groups excluding carboxylic acids is 1. The van der Waals surface area contributed by atoms with E-state index in [1.54, 1.807) is 14.0 Å². The Morgan fingerprint density at radius 2 is 2.32 bits per heavy atom. The summed E-state index contributed by atoms with van der Waals surface area (Å²) in [5, 5.41) is 7.97. The van der Waals surface area contributed by atoms with Crippen molar-refractivity contribution in [3.8, 4) is 0 Å². The predicted molar refractivity (Wildman–Crippen MR) is 68.7 cm³/mol. The molecule has 0 N–H and O–H groups in total. The minimum Gasteiger partial charge on any atom is -0.425 e. The fourth-order valence-corrected chi connectivity index (χ4v) is 2.62. The summed E-state index contributed by atoms with van der Waals surface area (Å²) in [6.45, 7) is 5.10. The van der Waals surface area contributed by atoms with Gasteiger partial charge in [-0.1, -0.05) is 0 Å². The normalized spacial score (nSPS) is 23.6. The average Bonchev–Trinajstić information content (AvgIpc) is 2.82. The van der Waals surface area contributed by atoms with E-state index in [0.717, 1.165) is 19.4 Å². The maximum absolute atomic E-state index is 12.1. The first-order valence-corrected chi connectivity index (χ1v) is 6.72. The Morgan fingerprint density at radius 1 is 1.53 bits per heavy atom. The smallest absolute Gasteiger partial charge is 0.225 e. The van der Waals surface area contributed by atoms with Crippen molar-refractivity contribution in [3.05, 3.63) is 11.8 Å². The standard InChI is InChI=1S/C13H21N3O3/c1-9-11(13-15-14-10(2)19-13)5-4-7-16(9)12(17)6-8-18-3/h9,11H,4-8H2,1-3H3/t9-,11-/m0/s1. The molecule has 2 rings (SSSR count). The van der Waals surface area contributed by atoms with Crippen LogP contribution in [0.15, 0.2) is 4.42 Å². The zero-order valence-corrected chi connectivity index (χ0v) is 11.8. The van der Waals surface area contributed by atoms with E-state index in [1.807, 2.05) is 11.8 Å². The van der Waals surface area contributed by atoms with Crippen molar-refractivity contribution in [2.75, 3.05) is 20.3 Å². The third-order valence-corrected chi connectivity index (χ3v) is 3.69. The van der Waals surface area contributed by atoms with Crippen molar-refractivity contribution in [3.63, 3.8) is 0 Å². The monoisotopic (exact) mass is 267 g/mol. The summed E-state index contributed by atoms with van der Waals surface area (Å²) < 4.78 is 10.5. The number of rotatable bonds is 4. The molecule has 1 aromatic heterocycles. The SMILES string of the molecule is COCCC(=O)N1CCC[C@H](c2nnc(C)o2)[C@@H]1C. The van der Waals surface area contributed by atoms with Gasteiger partial charge in [0.25, 0.3) is 0 Å². The zero-order chi connectivity index (χ0) is 13.8. The second kappa shape index (κ2) is 6.14. The van der Waals surface area contributed by atoms with Crippen LogP contribution in [0.25, 0.3) is 0 Å². The Hall–Kier alpha value is -1.43. The van der Waals surface area contributed by atoms with E-state index >= 15 is 0 Å². The highest BCUT2D eigenvalue weighted by Crippen LogP contribution is 2.31. The number of hydrogen-bond acceptors (Lipinski definition) is 5. The second-order valence-electron chi connectivity index (χ2n) is 4.98. The summed E-state index contributed by atoms with van der Waals surface area (Å²) in [5.41, 5.74) is 0. The van der Waals surface area contributed by atoms with Crippen LogP contribution in [-0.4, -0.2) is 47.3 Å². The van der Waals surface area contributed by atoms with Gasteiger partial charge >= 0.3 is 0 Å². The van der Waals surface area contributed by atoms with Crippen LogP contribution in [0.1, 0.15) is 43.9 Å². The third-order valence-electron chi connectivity index (χ3n) is 3.69. The van der Waals surface area contributed by atoms with Crippen LogP contribution in [0.2, 0.25) is 0 Å². The Kier molecular flexibility index (Phi) is 4.52. The van der Waals surface area contributed by atoms with Gasteiger partial charge in [-0.15, -0.1) is 10.2 Å². The molecule has 0 aliphatic carbocycles. The van der Waals surface area contributed by atoms with Crippen molar-refractivity contribution in [2.24, 2.45) is 0 Å². The van der Waals surface area contributed by atoms with Gasteiger partial charge in [-0.05, 0) is 19.8 Å². The van der Waals surface area contributed by atoms with Crippen molar-refractivity contribution < 1.29 is 13.9 Å². The van der Waals surface area contributed by atoms with E-state index in [2.05, 4.69) is 10.2 Å². The first-order chi connectivity index (χ1) is 9.13. The van der Waals surface area contributed by atoms with Crippen molar-refractivity contribution in [1.82, 2.24) is 15.1 Å². The lowest BCUT2D eigenvalue weighted by molar-refractivity contribution is -0.136. The Morgan fingerprint density at radius 3 is 2.95 bits per heavy atom. The molecule has 0 unspecified atom stereocenters. The number of likely N-dealkylation sites (tertiary alicyclic amines) is 1. The van der Waals surface area contributed by atoms with Crippen molar-refractivity contribution in [1.29, 1.82) is 0 Å². The van der Waals surface area contributed by atoms with E-state index < -0.39 is 0 Å². The first kappa shape index (κ1) is 14.0. The molecule has 1 aliphatic rings. The van der Waals surface area contributed by atoms with Crippen LogP contribution in [0.4, 0.5) is 0 Å². The maximum Gasteiger partial charge on any atom is 0.225 e. The van der Waals surface area contributed by atoms with Crippen LogP contribution >= 0.6 is 0 Å². The van der Waals surface area contributed by atoms with Crippen molar-refractivity contribution >= 4 is 5.91 Å². The molecule has 0 saturated carbocycles. The molecule has 1 fully saturated rings. The highest BCUT2D eigenvalue weighted by atomic mass is 16.5. The average molecular weight is 267 g/mol. The first-order valence-electron chi connectivity index (χ1n) is 6.72. The lowest BCUT2D eigenvalue weighted by Gasteiger charge is -2.38. The molecule has 6 nitrogen and oxygen atoms in total. The van der Waals surface area contributed by atoms with Crippen LogP contribution in [0.5, 0.6) is 0 Å². The zero-order valence-electron chi connectivity index (χ0n) is 11.8. The van der Waals surface area contributed by atoms with E-state index in [9.17, 15) is 4.79 Å². The summed E-state index contributed by atoms with van der Waals surface area (Å²) in [4.78, 5) is 14.0. The van der Waals surface area contributed by atoms with E-state index in [1.165, 1.54) is 0 Å². The Bertz CT molecular complexity index is 433. The van der Waals surface area contributed by atoms with Gasteiger partial charge in [0.05, 0.1) is 18.9 Å². The topological polar surface area (TPSA) is 68.5 Å². The highest BCUT2D eigenvalue weighted by Gasteiger charge is 2.34. The molecule has 19 heavy (non-hydrogen) atoms. The molecule has 0 aromatic carbocycles. The van der Waals surface area contributed by atoms with E-state index in [-0.39, 0.29) is 17.9 Å². The number of methoxy groups -OCH3 is 1. The number of aryl methyl sites for hydroxylation is 1. The second-order valence-corrected chi connectivity index (χ2v) is 4.98. The molecule has 106 valence electrons. The number of hydrogen-bond donors (Lipinski definition) is 0. The molecule has 2 atom stereocenters. The molecule has 0 bridgehead atoms. The molecular formula is C13H21N3O3. The molecule has 0 spiro atoms. The van der Waals surface area contributed by atoms with Gasteiger partial charge in [-0.3, -0.25) is 4.79 Å². The number of carbonyl (C=O) groups is 1.